The maximum absolute atomic E-state index is 14.4. The molecular weight excluding hydrogens is 540 g/mol. The molecule has 0 radical (unpaired) electrons. The highest BCUT2D eigenvalue weighted by Gasteiger charge is 2.37. The van der Waals surface area contributed by atoms with Gasteiger partial charge < -0.3 is 19.9 Å². The lowest BCUT2D eigenvalue weighted by Crippen LogP contribution is -2.35. The Morgan fingerprint density at radius 3 is 2.93 bits per heavy atom. The molecule has 2 saturated heterocycles. The molecule has 5 rings (SSSR count). The van der Waals surface area contributed by atoms with Crippen LogP contribution in [0.4, 0.5) is 10.2 Å². The van der Waals surface area contributed by atoms with E-state index in [0.29, 0.717) is 55.8 Å². The van der Waals surface area contributed by atoms with Gasteiger partial charge in [0.05, 0.1) is 6.61 Å². The Labute approximate surface area is 245 Å². The number of halogens is 1. The van der Waals surface area contributed by atoms with Gasteiger partial charge in [-0.3, -0.25) is 9.69 Å². The molecule has 1 aromatic heterocycles. The van der Waals surface area contributed by atoms with Crippen molar-refractivity contribution in [3.63, 3.8) is 0 Å². The van der Waals surface area contributed by atoms with E-state index in [1.807, 2.05) is 4.90 Å². The summed E-state index contributed by atoms with van der Waals surface area (Å²) in [6.45, 7) is 6.36. The fraction of sp³-hybridized carbons (Fsp3) is 0.625. The predicted octanol–water partition coefficient (Wildman–Crippen LogP) is 5.88. The lowest BCUT2D eigenvalue weighted by molar-refractivity contribution is -0.143. The topological polar surface area (TPSA) is 83.9 Å². The van der Waals surface area contributed by atoms with Crippen LogP contribution in [-0.4, -0.2) is 66.1 Å². The van der Waals surface area contributed by atoms with Crippen LogP contribution in [0.5, 0.6) is 5.75 Å². The van der Waals surface area contributed by atoms with E-state index < -0.39 is 17.8 Å². The van der Waals surface area contributed by atoms with Gasteiger partial charge in [0.15, 0.2) is 0 Å². The summed E-state index contributed by atoms with van der Waals surface area (Å²) in [5.41, 5.74) is 3.24. The van der Waals surface area contributed by atoms with Crippen LogP contribution in [-0.2, 0) is 22.4 Å². The average Bonchev–Trinajstić information content (AvgIpc) is 3.45. The molecule has 2 aromatic rings. The first-order valence-corrected chi connectivity index (χ1v) is 15.9. The number of carboxylic acid groups (broad SMARTS) is 1. The van der Waals surface area contributed by atoms with E-state index in [4.69, 9.17) is 14.5 Å². The van der Waals surface area contributed by atoms with Gasteiger partial charge in [0, 0.05) is 43.0 Å². The number of nitrogens with zero attached hydrogens (tertiary/aromatic N) is 2. The normalized spacial score (nSPS) is 22.0. The number of benzene rings is 1. The zero-order valence-electron chi connectivity index (χ0n) is 24.2. The molecule has 2 N–H and O–H groups in total. The molecule has 9 heteroatoms. The Bertz CT molecular complexity index is 1190. The van der Waals surface area contributed by atoms with Gasteiger partial charge >= 0.3 is 5.97 Å². The summed E-state index contributed by atoms with van der Waals surface area (Å²) >= 11 is 0. The zero-order valence-corrected chi connectivity index (χ0v) is 25.4. The number of anilines is 1. The van der Waals surface area contributed by atoms with E-state index in [1.165, 1.54) is 24.1 Å². The first-order chi connectivity index (χ1) is 19.8. The molecule has 1 aromatic carbocycles. The number of carbonyl (C=O) groups is 1. The number of aliphatic carboxylic acids is 1. The van der Waals surface area contributed by atoms with Gasteiger partial charge in [0.2, 0.25) is 0 Å². The van der Waals surface area contributed by atoms with Crippen LogP contribution in [0, 0.1) is 17.2 Å². The largest absolute Gasteiger partial charge is 0.493 e. The second-order valence-corrected chi connectivity index (χ2v) is 13.3. The van der Waals surface area contributed by atoms with Crippen molar-refractivity contribution < 1.29 is 23.8 Å². The van der Waals surface area contributed by atoms with Crippen LogP contribution < -0.4 is 10.1 Å². The number of hydrogen-bond acceptors (Lipinski definition) is 6. The zero-order chi connectivity index (χ0) is 28.8. The van der Waals surface area contributed by atoms with Crippen LogP contribution >= 0.6 is 9.24 Å². The SMILES string of the molecule is CC1(COc2ccc(F)cc2[C@H](C(=O)O)N2CCC(C(P)CCCCc3ccc4c(n3)NCCC4)C2)CCOCC1. The summed E-state index contributed by atoms with van der Waals surface area (Å²) in [5, 5.41) is 13.7. The minimum absolute atomic E-state index is 0.0408. The number of pyridine rings is 1. The third-order valence-electron chi connectivity index (χ3n) is 9.18. The van der Waals surface area contributed by atoms with E-state index >= 15 is 0 Å². The average molecular weight is 586 g/mol. The van der Waals surface area contributed by atoms with E-state index in [0.717, 1.165) is 69.4 Å². The van der Waals surface area contributed by atoms with Gasteiger partial charge in [-0.25, -0.2) is 9.37 Å². The number of nitrogens with one attached hydrogen (secondary N) is 1. The molecule has 0 amide bonds. The van der Waals surface area contributed by atoms with Gasteiger partial charge in [-0.2, -0.15) is 0 Å². The van der Waals surface area contributed by atoms with Crippen LogP contribution in [0.15, 0.2) is 30.3 Å². The van der Waals surface area contributed by atoms with Crippen molar-refractivity contribution in [3.05, 3.63) is 53.0 Å². The van der Waals surface area contributed by atoms with E-state index in [2.05, 4.69) is 33.6 Å². The van der Waals surface area contributed by atoms with Crippen LogP contribution in [0.25, 0.3) is 0 Å². The van der Waals surface area contributed by atoms with Crippen molar-refractivity contribution in [1.29, 1.82) is 0 Å². The molecule has 3 unspecified atom stereocenters. The van der Waals surface area contributed by atoms with Crippen molar-refractivity contribution in [2.45, 2.75) is 76.4 Å². The Kier molecular flexibility index (Phi) is 10.2. The van der Waals surface area contributed by atoms with E-state index in [1.54, 1.807) is 6.07 Å². The lowest BCUT2D eigenvalue weighted by Gasteiger charge is -2.34. The number of aryl methyl sites for hydroxylation is 2. The highest BCUT2D eigenvalue weighted by Crippen LogP contribution is 2.38. The molecule has 3 aliphatic rings. The standard InChI is InChI=1S/C32H45FN3O4P/c1-32(13-17-39-18-14-32)21-40-27-11-9-24(33)19-26(27)29(31(37)38)36-16-12-23(20-36)28(41)7-3-2-6-25-10-8-22-5-4-15-34-30(22)35-25/h8-11,19,23,28-29H,2-7,12-18,20-21,41H2,1H3,(H,34,35)(H,37,38)/t23?,28?,29-/m1/s1. The Morgan fingerprint density at radius 2 is 2.12 bits per heavy atom. The van der Waals surface area contributed by atoms with Crippen molar-refractivity contribution >= 4 is 21.0 Å². The molecule has 2 fully saturated rings. The molecule has 0 spiro atoms. The fourth-order valence-electron chi connectivity index (χ4n) is 6.44. The second-order valence-electron chi connectivity index (χ2n) is 12.4. The van der Waals surface area contributed by atoms with E-state index in [9.17, 15) is 14.3 Å². The predicted molar refractivity (Wildman–Crippen MR) is 162 cm³/mol. The van der Waals surface area contributed by atoms with Crippen LogP contribution in [0.3, 0.4) is 0 Å². The molecule has 41 heavy (non-hydrogen) atoms. The molecule has 0 bridgehead atoms. The fourth-order valence-corrected chi connectivity index (χ4v) is 6.99. The second kappa shape index (κ2) is 13.8. The quantitative estimate of drug-likeness (QED) is 0.238. The summed E-state index contributed by atoms with van der Waals surface area (Å²) in [6.07, 6.45) is 9.20. The number of likely N-dealkylation sites (tertiary alicyclic amines) is 1. The van der Waals surface area contributed by atoms with Crippen molar-refractivity contribution in [3.8, 4) is 5.75 Å². The molecule has 0 aliphatic carbocycles. The third kappa shape index (κ3) is 7.77. The van der Waals surface area contributed by atoms with Gasteiger partial charge in [-0.05, 0) is 99.3 Å². The van der Waals surface area contributed by atoms with Gasteiger partial charge in [0.25, 0.3) is 0 Å². The summed E-state index contributed by atoms with van der Waals surface area (Å²) in [4.78, 5) is 19.4. The number of rotatable bonds is 12. The molecule has 4 atom stereocenters. The Morgan fingerprint density at radius 1 is 1.29 bits per heavy atom. The highest BCUT2D eigenvalue weighted by molar-refractivity contribution is 7.17. The number of hydrogen-bond donors (Lipinski definition) is 2. The monoisotopic (exact) mass is 585 g/mol. The van der Waals surface area contributed by atoms with Gasteiger partial charge in [-0.15, -0.1) is 9.24 Å². The smallest absolute Gasteiger partial charge is 0.325 e. The molecule has 224 valence electrons. The number of fused-ring (bicyclic) bond motifs is 1. The maximum Gasteiger partial charge on any atom is 0.325 e. The first-order valence-electron chi connectivity index (χ1n) is 15.3. The van der Waals surface area contributed by atoms with Crippen molar-refractivity contribution in [1.82, 2.24) is 9.88 Å². The summed E-state index contributed by atoms with van der Waals surface area (Å²) in [6, 6.07) is 7.73. The van der Waals surface area contributed by atoms with Crippen LogP contribution in [0.2, 0.25) is 0 Å². The Balaban J connectivity index is 1.15. The van der Waals surface area contributed by atoms with E-state index in [-0.39, 0.29) is 5.41 Å². The first kappa shape index (κ1) is 30.2. The highest BCUT2D eigenvalue weighted by atomic mass is 31.0. The number of carboxylic acids is 1. The van der Waals surface area contributed by atoms with Gasteiger partial charge in [0.1, 0.15) is 23.4 Å². The number of aromatic nitrogens is 1. The molecule has 4 heterocycles. The number of ether oxygens (including phenoxy) is 2. The summed E-state index contributed by atoms with van der Waals surface area (Å²) in [5.74, 6) is 0.488. The molecule has 3 aliphatic heterocycles. The van der Waals surface area contributed by atoms with Crippen molar-refractivity contribution in [2.75, 3.05) is 44.8 Å². The molecule has 0 saturated carbocycles. The Hall–Kier alpha value is -2.28. The summed E-state index contributed by atoms with van der Waals surface area (Å²) in [7, 11) is 3.01. The number of unbranched alkanes of at least 4 members (excludes halogenated alkanes) is 1. The van der Waals surface area contributed by atoms with Crippen molar-refractivity contribution in [2.24, 2.45) is 11.3 Å². The molecular formula is C32H45FN3O4P. The van der Waals surface area contributed by atoms with Crippen LogP contribution in [0.1, 0.15) is 74.7 Å². The minimum atomic E-state index is -0.967. The molecule has 7 nitrogen and oxygen atoms in total. The summed E-state index contributed by atoms with van der Waals surface area (Å²) < 4.78 is 26.1. The minimum Gasteiger partial charge on any atom is -0.493 e. The lowest BCUT2D eigenvalue weighted by atomic mass is 9.83. The third-order valence-corrected chi connectivity index (χ3v) is 10.1. The maximum atomic E-state index is 14.4. The van der Waals surface area contributed by atoms with Gasteiger partial charge in [-0.1, -0.05) is 19.4 Å².